The van der Waals surface area contributed by atoms with E-state index in [1.54, 1.807) is 0 Å². The van der Waals surface area contributed by atoms with Crippen LogP contribution in [0.3, 0.4) is 0 Å². The van der Waals surface area contributed by atoms with Crippen molar-refractivity contribution >= 4 is 48.7 Å². The second kappa shape index (κ2) is 11.8. The molecule has 9 aromatic rings. The molecule has 248 valence electrons. The molecule has 0 fully saturated rings. The van der Waals surface area contributed by atoms with Gasteiger partial charge in [0.05, 0.1) is 0 Å². The van der Waals surface area contributed by atoms with Crippen molar-refractivity contribution in [2.45, 2.75) is 12.5 Å². The van der Waals surface area contributed by atoms with Crippen LogP contribution in [0.1, 0.15) is 12.0 Å². The van der Waals surface area contributed by atoms with E-state index in [9.17, 15) is 0 Å². The van der Waals surface area contributed by atoms with E-state index in [0.29, 0.717) is 17.5 Å². The Kier molecular flexibility index (Phi) is 6.65. The summed E-state index contributed by atoms with van der Waals surface area (Å²) in [5, 5.41) is 9.81. The van der Waals surface area contributed by atoms with Gasteiger partial charge >= 0.3 is 0 Å². The normalized spacial score (nSPS) is 14.7. The summed E-state index contributed by atoms with van der Waals surface area (Å²) in [7, 11) is 0. The van der Waals surface area contributed by atoms with E-state index in [1.807, 2.05) is 0 Å². The minimum Gasteiger partial charge on any atom is -0.485 e. The van der Waals surface area contributed by atoms with Gasteiger partial charge in [-0.25, -0.2) is 15.0 Å². The van der Waals surface area contributed by atoms with E-state index >= 15 is 0 Å². The number of rotatable bonds is 4. The van der Waals surface area contributed by atoms with Gasteiger partial charge in [-0.05, 0) is 72.4 Å². The maximum Gasteiger partial charge on any atom is 0.164 e. The third kappa shape index (κ3) is 5.02. The number of hydrogen-bond donors (Lipinski definition) is 0. The zero-order chi connectivity index (χ0) is 34.9. The number of aromatic nitrogens is 3. The lowest BCUT2D eigenvalue weighted by Crippen LogP contribution is -2.12. The molecular formula is C49H31N3O. The van der Waals surface area contributed by atoms with Crippen molar-refractivity contribution in [1.29, 1.82) is 0 Å². The minimum absolute atomic E-state index is 0.0579. The fraction of sp³-hybridized carbons (Fsp3) is 0.0408. The highest BCUT2D eigenvalue weighted by Gasteiger charge is 2.29. The summed E-state index contributed by atoms with van der Waals surface area (Å²) in [4.78, 5) is 15.3. The molecular weight excluding hydrogens is 647 g/mol. The number of nitrogens with zero attached hydrogens (tertiary/aromatic N) is 3. The van der Waals surface area contributed by atoms with Crippen molar-refractivity contribution in [2.24, 2.45) is 0 Å². The van der Waals surface area contributed by atoms with Crippen LogP contribution in [-0.4, -0.2) is 21.1 Å². The second-order valence-corrected chi connectivity index (χ2v) is 13.9. The Balaban J connectivity index is 1.03. The third-order valence-electron chi connectivity index (χ3n) is 10.8. The first-order chi connectivity index (χ1) is 26.2. The van der Waals surface area contributed by atoms with Gasteiger partial charge in [-0.15, -0.1) is 0 Å². The Morgan fingerprint density at radius 1 is 0.434 bits per heavy atom. The summed E-state index contributed by atoms with van der Waals surface area (Å²) in [6.45, 7) is 0. The molecule has 1 aromatic heterocycles. The molecule has 4 heteroatoms. The molecule has 8 aromatic carbocycles. The average Bonchev–Trinajstić information content (AvgIpc) is 3.61. The third-order valence-corrected chi connectivity index (χ3v) is 10.8. The van der Waals surface area contributed by atoms with Crippen molar-refractivity contribution in [3.8, 4) is 51.0 Å². The Morgan fingerprint density at radius 2 is 1.00 bits per heavy atom. The monoisotopic (exact) mass is 677 g/mol. The highest BCUT2D eigenvalue weighted by Crippen LogP contribution is 2.42. The summed E-state index contributed by atoms with van der Waals surface area (Å²) in [6, 6.07) is 53.9. The zero-order valence-corrected chi connectivity index (χ0v) is 28.7. The number of allylic oxidation sites excluding steroid dienone is 2. The second-order valence-electron chi connectivity index (χ2n) is 13.9. The molecule has 1 aliphatic carbocycles. The summed E-state index contributed by atoms with van der Waals surface area (Å²) < 4.78 is 6.40. The predicted molar refractivity (Wildman–Crippen MR) is 218 cm³/mol. The van der Waals surface area contributed by atoms with Crippen LogP contribution < -0.4 is 4.74 Å². The maximum atomic E-state index is 6.40. The average molecular weight is 678 g/mol. The van der Waals surface area contributed by atoms with Gasteiger partial charge in [0.15, 0.2) is 17.5 Å². The van der Waals surface area contributed by atoms with Crippen LogP contribution in [0.2, 0.25) is 0 Å². The maximum absolute atomic E-state index is 6.40. The summed E-state index contributed by atoms with van der Waals surface area (Å²) in [5.74, 6) is 2.74. The smallest absolute Gasteiger partial charge is 0.164 e. The Hall–Kier alpha value is -6.91. The molecule has 0 saturated carbocycles. The van der Waals surface area contributed by atoms with E-state index in [-0.39, 0.29) is 6.10 Å². The van der Waals surface area contributed by atoms with E-state index in [0.717, 1.165) is 45.4 Å². The number of benzene rings is 8. The van der Waals surface area contributed by atoms with E-state index < -0.39 is 0 Å². The van der Waals surface area contributed by atoms with Crippen LogP contribution in [0.25, 0.3) is 94.0 Å². The fourth-order valence-corrected chi connectivity index (χ4v) is 8.05. The molecule has 0 amide bonds. The lowest BCUT2D eigenvalue weighted by atomic mass is 9.96. The number of ether oxygens (including phenoxy) is 1. The molecule has 2 heterocycles. The summed E-state index contributed by atoms with van der Waals surface area (Å²) in [5.41, 5.74) is 7.45. The topological polar surface area (TPSA) is 47.9 Å². The lowest BCUT2D eigenvalue weighted by molar-refractivity contribution is 0.279. The minimum atomic E-state index is 0.0579. The lowest BCUT2D eigenvalue weighted by Gasteiger charge is -2.12. The molecule has 0 bridgehead atoms. The molecule has 1 atom stereocenters. The number of hydrogen-bond acceptors (Lipinski definition) is 4. The van der Waals surface area contributed by atoms with Crippen molar-refractivity contribution in [1.82, 2.24) is 15.0 Å². The molecule has 0 radical (unpaired) electrons. The zero-order valence-electron chi connectivity index (χ0n) is 28.7. The Labute approximate surface area is 306 Å². The SMILES string of the molecule is C1=CCC2Oc3cc(-c4nc(-c5ccc(-c6ccc7ccccc7c6)cc5)nc(-c5ccc6c(ccc7c8ccccc8ccc67)c5)n4)ccc3C2=C1. The standard InChI is InChI=1S/C49H31N3O/c1-2-9-34-27-35(18-15-30(34)7-1)31-13-16-33(17-14-31)47-50-48(52-49(51-47)38-22-26-44-43-11-5-6-12-45(43)53-46(44)29-38)37-21-23-40-36(28-37)20-25-41-39-10-4-3-8-32(39)19-24-42(40)41/h1-11,13-29,45H,12H2. The van der Waals surface area contributed by atoms with Crippen molar-refractivity contribution in [3.05, 3.63) is 175 Å². The quantitative estimate of drug-likeness (QED) is 0.174. The summed E-state index contributed by atoms with van der Waals surface area (Å²) >= 11 is 0. The summed E-state index contributed by atoms with van der Waals surface area (Å²) in [6.07, 6.45) is 7.36. The molecule has 11 rings (SSSR count). The molecule has 0 saturated heterocycles. The fourth-order valence-electron chi connectivity index (χ4n) is 8.05. The van der Waals surface area contributed by atoms with Crippen molar-refractivity contribution < 1.29 is 4.74 Å². The van der Waals surface area contributed by atoms with Gasteiger partial charge in [-0.3, -0.25) is 0 Å². The van der Waals surface area contributed by atoms with Crippen molar-refractivity contribution in [2.75, 3.05) is 0 Å². The molecule has 4 nitrogen and oxygen atoms in total. The van der Waals surface area contributed by atoms with Crippen LogP contribution in [0.15, 0.2) is 170 Å². The van der Waals surface area contributed by atoms with Gasteiger partial charge in [0.1, 0.15) is 11.9 Å². The van der Waals surface area contributed by atoms with Gasteiger partial charge in [-0.2, -0.15) is 0 Å². The van der Waals surface area contributed by atoms with Gasteiger partial charge in [0.25, 0.3) is 0 Å². The molecule has 0 N–H and O–H groups in total. The molecule has 0 spiro atoms. The molecule has 2 aliphatic rings. The Morgan fingerprint density at radius 3 is 1.83 bits per heavy atom. The number of fused-ring (bicyclic) bond motifs is 9. The van der Waals surface area contributed by atoms with Crippen LogP contribution in [0.5, 0.6) is 5.75 Å². The Bertz CT molecular complexity index is 3010. The van der Waals surface area contributed by atoms with Crippen LogP contribution in [-0.2, 0) is 0 Å². The molecule has 1 aliphatic heterocycles. The largest absolute Gasteiger partial charge is 0.485 e. The van der Waals surface area contributed by atoms with E-state index in [4.69, 9.17) is 19.7 Å². The van der Waals surface area contributed by atoms with Crippen LogP contribution in [0.4, 0.5) is 0 Å². The van der Waals surface area contributed by atoms with Gasteiger partial charge in [-0.1, -0.05) is 152 Å². The highest BCUT2D eigenvalue weighted by atomic mass is 16.5. The molecule has 1 unspecified atom stereocenters. The first-order valence-corrected chi connectivity index (χ1v) is 18.1. The molecule has 53 heavy (non-hydrogen) atoms. The highest BCUT2D eigenvalue weighted by molar-refractivity contribution is 6.17. The first-order valence-electron chi connectivity index (χ1n) is 18.1. The van der Waals surface area contributed by atoms with Gasteiger partial charge < -0.3 is 4.74 Å². The van der Waals surface area contributed by atoms with Gasteiger partial charge in [0.2, 0.25) is 0 Å². The van der Waals surface area contributed by atoms with Crippen LogP contribution >= 0.6 is 0 Å². The first kappa shape index (κ1) is 29.8. The van der Waals surface area contributed by atoms with Crippen LogP contribution in [0, 0.1) is 0 Å². The van der Waals surface area contributed by atoms with E-state index in [2.05, 4.69) is 170 Å². The van der Waals surface area contributed by atoms with E-state index in [1.165, 1.54) is 48.8 Å². The predicted octanol–water partition coefficient (Wildman–Crippen LogP) is 12.3. The van der Waals surface area contributed by atoms with Crippen molar-refractivity contribution in [3.63, 3.8) is 0 Å². The van der Waals surface area contributed by atoms with Gasteiger partial charge in [0, 0.05) is 34.2 Å².